The molecule has 0 saturated carbocycles. The van der Waals surface area contributed by atoms with Crippen molar-refractivity contribution >= 4 is 10.9 Å². The lowest BCUT2D eigenvalue weighted by molar-refractivity contribution is 0.501. The Bertz CT molecular complexity index is 633. The molecule has 3 nitrogen and oxygen atoms in total. The van der Waals surface area contributed by atoms with Crippen LogP contribution in [0.4, 0.5) is 0 Å². The van der Waals surface area contributed by atoms with E-state index in [1.165, 1.54) is 31.1 Å². The zero-order valence-electron chi connectivity index (χ0n) is 12.4. The minimum Gasteiger partial charge on any atom is -0.271 e. The third kappa shape index (κ3) is 3.69. The van der Waals surface area contributed by atoms with Crippen molar-refractivity contribution in [1.82, 2.24) is 10.4 Å². The first-order valence-corrected chi connectivity index (χ1v) is 7.84. The van der Waals surface area contributed by atoms with Gasteiger partial charge in [0.2, 0.25) is 0 Å². The number of hydrogen-bond donors (Lipinski definition) is 2. The maximum absolute atomic E-state index is 5.75. The molecule has 21 heavy (non-hydrogen) atoms. The summed E-state index contributed by atoms with van der Waals surface area (Å²) in [5, 5.41) is 1.19. The van der Waals surface area contributed by atoms with E-state index >= 15 is 0 Å². The quantitative estimate of drug-likeness (QED) is 0.501. The normalized spacial score (nSPS) is 16.7. The maximum Gasteiger partial charge on any atom is 0.0705 e. The van der Waals surface area contributed by atoms with Crippen molar-refractivity contribution in [1.29, 1.82) is 0 Å². The summed E-state index contributed by atoms with van der Waals surface area (Å²) >= 11 is 0. The molecule has 1 atom stereocenters. The second-order valence-corrected chi connectivity index (χ2v) is 5.88. The number of benzene rings is 1. The van der Waals surface area contributed by atoms with Gasteiger partial charge in [0.25, 0.3) is 0 Å². The molecular formula is C18H23N3. The second-order valence-electron chi connectivity index (χ2n) is 5.88. The molecule has 1 aliphatic rings. The molecule has 0 fully saturated rings. The monoisotopic (exact) mass is 281 g/mol. The molecule has 0 amide bonds. The number of hydrogen-bond acceptors (Lipinski definition) is 3. The molecule has 3 rings (SSSR count). The van der Waals surface area contributed by atoms with Gasteiger partial charge in [-0.25, -0.2) is 0 Å². The minimum atomic E-state index is 0.267. The fourth-order valence-electron chi connectivity index (χ4n) is 3.07. The topological polar surface area (TPSA) is 50.9 Å². The van der Waals surface area contributed by atoms with Crippen molar-refractivity contribution in [2.75, 3.05) is 0 Å². The van der Waals surface area contributed by atoms with Crippen molar-refractivity contribution in [3.63, 3.8) is 0 Å². The van der Waals surface area contributed by atoms with E-state index < -0.39 is 0 Å². The summed E-state index contributed by atoms with van der Waals surface area (Å²) in [4.78, 5) is 4.74. The Morgan fingerprint density at radius 2 is 2.00 bits per heavy atom. The van der Waals surface area contributed by atoms with E-state index in [2.05, 4.69) is 35.8 Å². The molecule has 0 spiro atoms. The van der Waals surface area contributed by atoms with Crippen molar-refractivity contribution < 1.29 is 0 Å². The molecule has 1 aliphatic carbocycles. The Morgan fingerprint density at radius 3 is 2.81 bits per heavy atom. The van der Waals surface area contributed by atoms with Crippen molar-refractivity contribution in [2.45, 2.75) is 44.6 Å². The third-order valence-corrected chi connectivity index (χ3v) is 4.24. The molecule has 2 aromatic rings. The first-order valence-electron chi connectivity index (χ1n) is 7.84. The largest absolute Gasteiger partial charge is 0.271 e. The van der Waals surface area contributed by atoms with Gasteiger partial charge < -0.3 is 0 Å². The molecule has 0 saturated heterocycles. The van der Waals surface area contributed by atoms with Gasteiger partial charge in [0.15, 0.2) is 0 Å². The summed E-state index contributed by atoms with van der Waals surface area (Å²) in [6.45, 7) is 0. The number of pyridine rings is 1. The average Bonchev–Trinajstić information content (AvgIpc) is 2.55. The van der Waals surface area contributed by atoms with Gasteiger partial charge in [0.1, 0.15) is 0 Å². The van der Waals surface area contributed by atoms with Crippen LogP contribution in [0.25, 0.3) is 10.9 Å². The SMILES string of the molecule is NNC(CC1=CCCCC1)Cc1ccc2ccccc2n1. The Kier molecular flexibility index (Phi) is 4.63. The van der Waals surface area contributed by atoms with Crippen LogP contribution in [0.1, 0.15) is 37.8 Å². The highest BCUT2D eigenvalue weighted by Gasteiger charge is 2.13. The van der Waals surface area contributed by atoms with Crippen molar-refractivity contribution in [2.24, 2.45) is 5.84 Å². The smallest absolute Gasteiger partial charge is 0.0705 e. The summed E-state index contributed by atoms with van der Waals surface area (Å²) in [5.74, 6) is 5.75. The van der Waals surface area contributed by atoms with Crippen LogP contribution in [0, 0.1) is 0 Å². The number of allylic oxidation sites excluding steroid dienone is 1. The molecule has 0 aliphatic heterocycles. The van der Waals surface area contributed by atoms with Gasteiger partial charge in [-0.2, -0.15) is 0 Å². The molecule has 0 bridgehead atoms. The lowest BCUT2D eigenvalue weighted by atomic mass is 9.93. The highest BCUT2D eigenvalue weighted by atomic mass is 15.2. The van der Waals surface area contributed by atoms with Gasteiger partial charge in [-0.3, -0.25) is 16.3 Å². The second kappa shape index (κ2) is 6.83. The Hall–Kier alpha value is -1.71. The van der Waals surface area contributed by atoms with E-state index in [0.717, 1.165) is 24.1 Å². The van der Waals surface area contributed by atoms with Crippen LogP contribution in [0.3, 0.4) is 0 Å². The predicted octanol–water partition coefficient (Wildman–Crippen LogP) is 3.50. The van der Waals surface area contributed by atoms with Crippen LogP contribution in [0.5, 0.6) is 0 Å². The predicted molar refractivity (Wildman–Crippen MR) is 87.7 cm³/mol. The number of nitrogens with two attached hydrogens (primary N) is 1. The van der Waals surface area contributed by atoms with Crippen molar-refractivity contribution in [3.05, 3.63) is 53.7 Å². The lowest BCUT2D eigenvalue weighted by Crippen LogP contribution is -2.37. The van der Waals surface area contributed by atoms with E-state index in [1.807, 2.05) is 12.1 Å². The van der Waals surface area contributed by atoms with Crippen LogP contribution < -0.4 is 11.3 Å². The Balaban J connectivity index is 1.71. The van der Waals surface area contributed by atoms with E-state index in [4.69, 9.17) is 10.8 Å². The number of hydrazine groups is 1. The molecule has 1 aromatic carbocycles. The lowest BCUT2D eigenvalue weighted by Gasteiger charge is -2.20. The number of nitrogens with zero attached hydrogens (tertiary/aromatic N) is 1. The number of nitrogens with one attached hydrogen (secondary N) is 1. The summed E-state index contributed by atoms with van der Waals surface area (Å²) in [6, 6.07) is 12.8. The molecule has 1 aromatic heterocycles. The number of aromatic nitrogens is 1. The number of para-hydroxylation sites is 1. The zero-order valence-corrected chi connectivity index (χ0v) is 12.4. The third-order valence-electron chi connectivity index (χ3n) is 4.24. The van der Waals surface area contributed by atoms with Gasteiger partial charge in [-0.1, -0.05) is 35.9 Å². The van der Waals surface area contributed by atoms with Crippen LogP contribution in [0.15, 0.2) is 48.0 Å². The van der Waals surface area contributed by atoms with Gasteiger partial charge >= 0.3 is 0 Å². The molecule has 1 heterocycles. The van der Waals surface area contributed by atoms with Gasteiger partial charge in [-0.05, 0) is 44.2 Å². The van der Waals surface area contributed by atoms with Gasteiger partial charge in [0.05, 0.1) is 5.52 Å². The highest BCUT2D eigenvalue weighted by molar-refractivity contribution is 5.78. The first kappa shape index (κ1) is 14.2. The van der Waals surface area contributed by atoms with Crippen molar-refractivity contribution in [3.8, 4) is 0 Å². The van der Waals surface area contributed by atoms with Crippen LogP contribution >= 0.6 is 0 Å². The summed E-state index contributed by atoms with van der Waals surface area (Å²) in [5.41, 5.74) is 6.67. The maximum atomic E-state index is 5.75. The van der Waals surface area contributed by atoms with Gasteiger partial charge in [-0.15, -0.1) is 0 Å². The highest BCUT2D eigenvalue weighted by Crippen LogP contribution is 2.22. The molecule has 3 heteroatoms. The standard InChI is InChI=1S/C18H23N3/c19-21-17(12-14-6-2-1-3-7-14)13-16-11-10-15-8-4-5-9-18(15)20-16/h4-6,8-11,17,21H,1-3,7,12-13,19H2. The molecule has 0 radical (unpaired) electrons. The van der Waals surface area contributed by atoms with Gasteiger partial charge in [0, 0.05) is 23.5 Å². The Labute approximate surface area is 126 Å². The summed E-state index contributed by atoms with van der Waals surface area (Å²) < 4.78 is 0. The van der Waals surface area contributed by atoms with E-state index in [-0.39, 0.29) is 6.04 Å². The minimum absolute atomic E-state index is 0.267. The number of fused-ring (bicyclic) bond motifs is 1. The molecule has 110 valence electrons. The summed E-state index contributed by atoms with van der Waals surface area (Å²) in [6.07, 6.45) is 9.39. The molecular weight excluding hydrogens is 258 g/mol. The van der Waals surface area contributed by atoms with Crippen LogP contribution in [-0.4, -0.2) is 11.0 Å². The number of rotatable bonds is 5. The summed E-state index contributed by atoms with van der Waals surface area (Å²) in [7, 11) is 0. The van der Waals surface area contributed by atoms with Crippen LogP contribution in [0.2, 0.25) is 0 Å². The first-order chi connectivity index (χ1) is 10.3. The molecule has 1 unspecified atom stereocenters. The zero-order chi connectivity index (χ0) is 14.5. The molecule has 3 N–H and O–H groups in total. The Morgan fingerprint density at radius 1 is 1.10 bits per heavy atom. The van der Waals surface area contributed by atoms with E-state index in [0.29, 0.717) is 0 Å². The fourth-order valence-corrected chi connectivity index (χ4v) is 3.07. The van der Waals surface area contributed by atoms with Crippen LogP contribution in [-0.2, 0) is 6.42 Å². The fraction of sp³-hybridized carbons (Fsp3) is 0.389. The average molecular weight is 281 g/mol. The van der Waals surface area contributed by atoms with E-state index in [1.54, 1.807) is 5.57 Å². The van der Waals surface area contributed by atoms with E-state index in [9.17, 15) is 0 Å².